The van der Waals surface area contributed by atoms with E-state index in [2.05, 4.69) is 4.98 Å². The van der Waals surface area contributed by atoms with E-state index in [0.29, 0.717) is 16.3 Å². The number of benzene rings is 1. The third-order valence-corrected chi connectivity index (χ3v) is 3.52. The summed E-state index contributed by atoms with van der Waals surface area (Å²) in [4.78, 5) is 4.00. The predicted molar refractivity (Wildman–Crippen MR) is 78.8 cm³/mol. The lowest BCUT2D eigenvalue weighted by Crippen LogP contribution is -2.08. The summed E-state index contributed by atoms with van der Waals surface area (Å²) in [5.74, 6) is 0.122. The van der Waals surface area contributed by atoms with Crippen LogP contribution >= 0.6 is 23.2 Å². The molecule has 6 heteroatoms. The molecule has 1 heterocycles. The minimum atomic E-state index is -0.559. The lowest BCUT2D eigenvalue weighted by atomic mass is 10.1. The number of hydrogen-bond acceptors (Lipinski definition) is 3. The Hall–Kier alpha value is -1.52. The zero-order valence-corrected chi connectivity index (χ0v) is 12.5. The third kappa shape index (κ3) is 2.97. The summed E-state index contributed by atoms with van der Waals surface area (Å²) in [6.07, 6.45) is 1.08. The van der Waals surface area contributed by atoms with Crippen molar-refractivity contribution in [3.8, 4) is 5.75 Å². The van der Waals surface area contributed by atoms with Gasteiger partial charge in [-0.2, -0.15) is 0 Å². The van der Waals surface area contributed by atoms with E-state index in [1.807, 2.05) is 6.92 Å². The van der Waals surface area contributed by atoms with Crippen LogP contribution in [0.3, 0.4) is 0 Å². The fraction of sp³-hybridized carbons (Fsp3) is 0.214. The molecule has 20 heavy (non-hydrogen) atoms. The topological polar surface area (TPSA) is 48.1 Å². The molecule has 106 valence electrons. The van der Waals surface area contributed by atoms with Crippen molar-refractivity contribution in [1.29, 1.82) is 0 Å². The van der Waals surface area contributed by atoms with Crippen LogP contribution < -0.4 is 10.5 Å². The second kappa shape index (κ2) is 5.85. The summed E-state index contributed by atoms with van der Waals surface area (Å²) in [6.45, 7) is 3.58. The summed E-state index contributed by atoms with van der Waals surface area (Å²) in [5, 5.41) is 0.285. The number of nitrogen functional groups attached to an aromatic ring is 1. The van der Waals surface area contributed by atoms with Crippen molar-refractivity contribution in [3.63, 3.8) is 0 Å². The summed E-state index contributed by atoms with van der Waals surface area (Å²) in [7, 11) is 0. The van der Waals surface area contributed by atoms with E-state index in [4.69, 9.17) is 33.7 Å². The number of nitrogens with two attached hydrogens (primary N) is 1. The molecule has 0 fully saturated rings. The van der Waals surface area contributed by atoms with Crippen LogP contribution in [0.15, 0.2) is 24.4 Å². The molecule has 2 N–H and O–H groups in total. The largest absolute Gasteiger partial charge is 0.482 e. The van der Waals surface area contributed by atoms with Gasteiger partial charge in [0.05, 0.1) is 5.02 Å². The monoisotopic (exact) mass is 314 g/mol. The van der Waals surface area contributed by atoms with Gasteiger partial charge in [-0.25, -0.2) is 9.37 Å². The molecule has 0 amide bonds. The molecule has 0 aliphatic carbocycles. The first-order chi connectivity index (χ1) is 9.40. The minimum Gasteiger partial charge on any atom is -0.482 e. The molecule has 0 aliphatic rings. The Morgan fingerprint density at radius 1 is 1.35 bits per heavy atom. The second-order valence-electron chi connectivity index (χ2n) is 4.41. The number of anilines is 1. The molecule has 2 aromatic rings. The molecule has 1 unspecified atom stereocenters. The van der Waals surface area contributed by atoms with Gasteiger partial charge in [-0.3, -0.25) is 0 Å². The molecule has 0 spiro atoms. The first-order valence-corrected chi connectivity index (χ1v) is 6.68. The standard InChI is InChI=1S/C14H13Cl2FN2O/c1-7-5-11(14(18)19-6-7)20-8(2)12-9(15)3-4-10(17)13(12)16/h3-6,8H,1-2H3,(H2,18,19). The maximum absolute atomic E-state index is 13.5. The van der Waals surface area contributed by atoms with E-state index in [1.54, 1.807) is 19.2 Å². The fourth-order valence-electron chi connectivity index (χ4n) is 1.81. The average Bonchev–Trinajstić information content (AvgIpc) is 2.39. The Labute approximate surface area is 126 Å². The Kier molecular flexibility index (Phi) is 4.35. The molecular formula is C14H13Cl2FN2O. The van der Waals surface area contributed by atoms with Crippen LogP contribution in [0, 0.1) is 12.7 Å². The highest BCUT2D eigenvalue weighted by atomic mass is 35.5. The van der Waals surface area contributed by atoms with Crippen LogP contribution in [-0.4, -0.2) is 4.98 Å². The van der Waals surface area contributed by atoms with Crippen LogP contribution in [0.25, 0.3) is 0 Å². The van der Waals surface area contributed by atoms with E-state index in [9.17, 15) is 4.39 Å². The molecule has 1 aromatic heterocycles. The van der Waals surface area contributed by atoms with E-state index in [0.717, 1.165) is 5.56 Å². The number of halogens is 3. The molecule has 1 atom stereocenters. The van der Waals surface area contributed by atoms with Gasteiger partial charge in [0.1, 0.15) is 11.9 Å². The fourth-order valence-corrected chi connectivity index (χ4v) is 2.49. The predicted octanol–water partition coefficient (Wildman–Crippen LogP) is 4.56. The van der Waals surface area contributed by atoms with Gasteiger partial charge in [-0.1, -0.05) is 23.2 Å². The number of ether oxygens (including phenoxy) is 1. The van der Waals surface area contributed by atoms with Crippen molar-refractivity contribution in [2.24, 2.45) is 0 Å². The summed E-state index contributed by atoms with van der Waals surface area (Å²) < 4.78 is 19.2. The van der Waals surface area contributed by atoms with Gasteiger partial charge < -0.3 is 10.5 Å². The zero-order valence-electron chi connectivity index (χ0n) is 11.0. The van der Waals surface area contributed by atoms with Crippen LogP contribution in [0.4, 0.5) is 10.2 Å². The number of nitrogens with zero attached hydrogens (tertiary/aromatic N) is 1. The van der Waals surface area contributed by atoms with Crippen molar-refractivity contribution in [2.75, 3.05) is 5.73 Å². The van der Waals surface area contributed by atoms with E-state index in [-0.39, 0.29) is 10.8 Å². The minimum absolute atomic E-state index is 0.0517. The van der Waals surface area contributed by atoms with Gasteiger partial charge in [0, 0.05) is 16.8 Å². The summed E-state index contributed by atoms with van der Waals surface area (Å²) in [5.41, 5.74) is 7.03. The van der Waals surface area contributed by atoms with Gasteiger partial charge in [-0.05, 0) is 37.6 Å². The SMILES string of the molecule is Cc1cnc(N)c(OC(C)c2c(Cl)ccc(F)c2Cl)c1. The normalized spacial score (nSPS) is 12.2. The van der Waals surface area contributed by atoms with Crippen molar-refractivity contribution in [1.82, 2.24) is 4.98 Å². The van der Waals surface area contributed by atoms with Crippen LogP contribution in [0.5, 0.6) is 5.75 Å². The number of pyridine rings is 1. The van der Waals surface area contributed by atoms with E-state index >= 15 is 0 Å². The van der Waals surface area contributed by atoms with Gasteiger partial charge in [0.25, 0.3) is 0 Å². The maximum Gasteiger partial charge on any atom is 0.166 e. The molecule has 0 aliphatic heterocycles. The van der Waals surface area contributed by atoms with Gasteiger partial charge >= 0.3 is 0 Å². The highest BCUT2D eigenvalue weighted by Gasteiger charge is 2.19. The second-order valence-corrected chi connectivity index (χ2v) is 5.20. The Morgan fingerprint density at radius 2 is 2.05 bits per heavy atom. The smallest absolute Gasteiger partial charge is 0.166 e. The van der Waals surface area contributed by atoms with Crippen LogP contribution in [-0.2, 0) is 0 Å². The zero-order chi connectivity index (χ0) is 14.9. The number of aryl methyl sites for hydroxylation is 1. The van der Waals surface area contributed by atoms with Gasteiger partial charge in [0.2, 0.25) is 0 Å². The molecule has 1 aromatic carbocycles. The molecule has 3 nitrogen and oxygen atoms in total. The molecule has 0 saturated heterocycles. The lowest BCUT2D eigenvalue weighted by molar-refractivity contribution is 0.227. The first kappa shape index (κ1) is 14.9. The Bertz CT molecular complexity index is 649. The number of aromatic nitrogens is 1. The van der Waals surface area contributed by atoms with Crippen molar-refractivity contribution in [3.05, 3.63) is 51.4 Å². The van der Waals surface area contributed by atoms with Crippen molar-refractivity contribution >= 4 is 29.0 Å². The highest BCUT2D eigenvalue weighted by Crippen LogP contribution is 2.35. The van der Waals surface area contributed by atoms with Crippen molar-refractivity contribution < 1.29 is 9.13 Å². The third-order valence-electron chi connectivity index (χ3n) is 2.81. The lowest BCUT2D eigenvalue weighted by Gasteiger charge is -2.19. The highest BCUT2D eigenvalue weighted by molar-refractivity contribution is 6.36. The van der Waals surface area contributed by atoms with Crippen LogP contribution in [0.2, 0.25) is 10.0 Å². The van der Waals surface area contributed by atoms with Gasteiger partial charge in [0.15, 0.2) is 11.6 Å². The first-order valence-electron chi connectivity index (χ1n) is 5.92. The van der Waals surface area contributed by atoms with Crippen molar-refractivity contribution in [2.45, 2.75) is 20.0 Å². The molecule has 0 saturated carbocycles. The number of hydrogen-bond donors (Lipinski definition) is 1. The molecule has 2 rings (SSSR count). The number of rotatable bonds is 3. The Morgan fingerprint density at radius 3 is 2.75 bits per heavy atom. The quantitative estimate of drug-likeness (QED) is 0.845. The van der Waals surface area contributed by atoms with Crippen LogP contribution in [0.1, 0.15) is 24.2 Å². The van der Waals surface area contributed by atoms with E-state index < -0.39 is 11.9 Å². The van der Waals surface area contributed by atoms with E-state index in [1.165, 1.54) is 12.1 Å². The molecule has 0 bridgehead atoms. The Balaban J connectivity index is 2.35. The molecule has 0 radical (unpaired) electrons. The van der Waals surface area contributed by atoms with Gasteiger partial charge in [-0.15, -0.1) is 0 Å². The maximum atomic E-state index is 13.5. The summed E-state index contributed by atoms with van der Waals surface area (Å²) >= 11 is 12.0. The molecular weight excluding hydrogens is 302 g/mol. The average molecular weight is 315 g/mol. The summed E-state index contributed by atoms with van der Waals surface area (Å²) in [6, 6.07) is 4.40.